The third-order valence-corrected chi connectivity index (χ3v) is 5.47. The average Bonchev–Trinajstić information content (AvgIpc) is 3.25. The van der Waals surface area contributed by atoms with Crippen molar-refractivity contribution in [3.05, 3.63) is 78.1 Å². The van der Waals surface area contributed by atoms with Crippen LogP contribution in [-0.4, -0.2) is 28.9 Å². The zero-order valence-electron chi connectivity index (χ0n) is 15.1. The number of imidazole rings is 1. The van der Waals surface area contributed by atoms with Gasteiger partial charge in [0.15, 0.2) is 0 Å². The summed E-state index contributed by atoms with van der Waals surface area (Å²) in [4.78, 5) is 15.4. The topological polar surface area (TPSA) is 117 Å². The molecule has 8 nitrogen and oxygen atoms in total. The first-order valence-electron chi connectivity index (χ1n) is 8.20. The molecule has 0 unspecified atom stereocenters. The van der Waals surface area contributed by atoms with Crippen molar-refractivity contribution in [3.8, 4) is 6.07 Å². The number of hydrogen-bond donors (Lipinski definition) is 1. The lowest BCUT2D eigenvalue weighted by molar-refractivity contribution is 0.0960. The normalized spacial score (nSPS) is 11.7. The zero-order valence-corrected chi connectivity index (χ0v) is 15.9. The third kappa shape index (κ3) is 4.20. The van der Waals surface area contributed by atoms with Crippen molar-refractivity contribution < 1.29 is 17.6 Å². The van der Waals surface area contributed by atoms with Gasteiger partial charge >= 0.3 is 0 Å². The lowest BCUT2D eigenvalue weighted by Gasteiger charge is -2.06. The largest absolute Gasteiger partial charge is 0.277 e. The number of carbonyl (C=O) groups excluding carboxylic acids is 1. The van der Waals surface area contributed by atoms with Crippen LogP contribution in [0, 0.1) is 24.1 Å². The number of sulfone groups is 1. The molecule has 2 aromatic carbocycles. The first-order chi connectivity index (χ1) is 13.8. The van der Waals surface area contributed by atoms with Crippen LogP contribution in [0.5, 0.6) is 0 Å². The fourth-order valence-electron chi connectivity index (χ4n) is 2.40. The van der Waals surface area contributed by atoms with E-state index in [4.69, 9.17) is 0 Å². The van der Waals surface area contributed by atoms with E-state index in [0.717, 1.165) is 12.1 Å². The highest BCUT2D eigenvalue weighted by molar-refractivity contribution is 8.07. The number of hydrogen-bond acceptors (Lipinski definition) is 7. The van der Waals surface area contributed by atoms with Crippen LogP contribution in [0.4, 0.5) is 10.1 Å². The minimum absolute atomic E-state index is 0.298. The van der Waals surface area contributed by atoms with Crippen molar-refractivity contribution in [1.29, 1.82) is 5.26 Å². The first-order valence-corrected chi connectivity index (χ1v) is 9.69. The molecule has 0 atom stereocenters. The van der Waals surface area contributed by atoms with Crippen LogP contribution < -0.4 is 5.43 Å². The Morgan fingerprint density at radius 3 is 2.59 bits per heavy atom. The minimum atomic E-state index is -4.44. The van der Waals surface area contributed by atoms with Crippen molar-refractivity contribution in [2.75, 3.05) is 5.43 Å². The van der Waals surface area contributed by atoms with Gasteiger partial charge in [-0.05, 0) is 48.9 Å². The maximum atomic E-state index is 14.0. The van der Waals surface area contributed by atoms with Crippen molar-refractivity contribution in [1.82, 2.24) is 9.55 Å². The van der Waals surface area contributed by atoms with Gasteiger partial charge < -0.3 is 0 Å². The van der Waals surface area contributed by atoms with Crippen molar-refractivity contribution in [2.24, 2.45) is 5.10 Å². The van der Waals surface area contributed by atoms with Crippen molar-refractivity contribution in [2.45, 2.75) is 11.8 Å². The van der Waals surface area contributed by atoms with E-state index in [1.165, 1.54) is 59.7 Å². The molecule has 0 bridgehead atoms. The van der Waals surface area contributed by atoms with E-state index in [2.05, 4.69) is 15.5 Å². The highest BCUT2D eigenvalue weighted by atomic mass is 32.2. The molecule has 3 aromatic rings. The molecule has 146 valence electrons. The molecule has 10 heteroatoms. The maximum absolute atomic E-state index is 14.0. The molecule has 0 saturated heterocycles. The lowest BCUT2D eigenvalue weighted by atomic mass is 10.2. The van der Waals surface area contributed by atoms with Crippen LogP contribution in [0.25, 0.3) is 0 Å². The van der Waals surface area contributed by atoms with Gasteiger partial charge in [-0.3, -0.25) is 14.8 Å². The molecule has 0 aliphatic rings. The SMILES string of the molecule is Cc1ccc(F)c(S(=O)(=O)C(C#N)=NNc2ccc(C(=O)n3ccnc3)cc2)c1. The first kappa shape index (κ1) is 19.9. The molecule has 0 spiro atoms. The van der Waals surface area contributed by atoms with E-state index >= 15 is 0 Å². The molecule has 1 aromatic heterocycles. The Bertz CT molecular complexity index is 1230. The molecule has 0 radical (unpaired) electrons. The van der Waals surface area contributed by atoms with Crippen molar-refractivity contribution in [3.63, 3.8) is 0 Å². The van der Waals surface area contributed by atoms with Gasteiger partial charge in [0.25, 0.3) is 11.0 Å². The number of hydrazone groups is 1. The highest BCUT2D eigenvalue weighted by Crippen LogP contribution is 2.19. The summed E-state index contributed by atoms with van der Waals surface area (Å²) in [7, 11) is -4.44. The van der Waals surface area contributed by atoms with E-state index in [0.29, 0.717) is 16.8 Å². The summed E-state index contributed by atoms with van der Waals surface area (Å²) in [5, 5.41) is 11.9. The van der Waals surface area contributed by atoms with Gasteiger partial charge in [-0.2, -0.15) is 10.4 Å². The van der Waals surface area contributed by atoms with Gasteiger partial charge in [0.1, 0.15) is 23.1 Å². The van der Waals surface area contributed by atoms with Gasteiger partial charge in [-0.25, -0.2) is 17.8 Å². The fraction of sp³-hybridized carbons (Fsp3) is 0.0526. The number of nitrogens with zero attached hydrogens (tertiary/aromatic N) is 4. The second-order valence-electron chi connectivity index (χ2n) is 5.93. The summed E-state index contributed by atoms with van der Waals surface area (Å²) in [5.41, 5.74) is 3.66. The van der Waals surface area contributed by atoms with E-state index in [-0.39, 0.29) is 5.91 Å². The smallest absolute Gasteiger partial charge is 0.263 e. The predicted molar refractivity (Wildman–Crippen MR) is 103 cm³/mol. The van der Waals surface area contributed by atoms with Crippen LogP contribution in [0.3, 0.4) is 0 Å². The summed E-state index contributed by atoms with van der Waals surface area (Å²) >= 11 is 0. The molecule has 1 heterocycles. The predicted octanol–water partition coefficient (Wildman–Crippen LogP) is 2.74. The summed E-state index contributed by atoms with van der Waals surface area (Å²) in [6.07, 6.45) is 4.35. The van der Waals surface area contributed by atoms with Crippen LogP contribution in [-0.2, 0) is 9.84 Å². The van der Waals surface area contributed by atoms with E-state index in [1.807, 2.05) is 0 Å². The molecular formula is C19H14FN5O3S. The Balaban J connectivity index is 1.83. The fourth-order valence-corrected chi connectivity index (χ4v) is 3.56. The molecule has 0 fully saturated rings. The number of halogens is 1. The molecule has 0 amide bonds. The highest BCUT2D eigenvalue weighted by Gasteiger charge is 2.26. The monoisotopic (exact) mass is 411 g/mol. The van der Waals surface area contributed by atoms with Crippen LogP contribution >= 0.6 is 0 Å². The molecule has 0 aliphatic heterocycles. The van der Waals surface area contributed by atoms with Gasteiger partial charge in [0.05, 0.1) is 5.69 Å². The van der Waals surface area contributed by atoms with Crippen LogP contribution in [0.15, 0.2) is 71.2 Å². The Morgan fingerprint density at radius 1 is 1.24 bits per heavy atom. The van der Waals surface area contributed by atoms with E-state index in [9.17, 15) is 22.9 Å². The number of nitriles is 1. The second kappa shape index (κ2) is 8.04. The second-order valence-corrected chi connectivity index (χ2v) is 7.76. The van der Waals surface area contributed by atoms with Gasteiger partial charge in [0.2, 0.25) is 9.84 Å². The molecule has 3 rings (SSSR count). The molecule has 29 heavy (non-hydrogen) atoms. The van der Waals surface area contributed by atoms with Gasteiger partial charge in [-0.15, -0.1) is 0 Å². The van der Waals surface area contributed by atoms with E-state index in [1.54, 1.807) is 6.92 Å². The van der Waals surface area contributed by atoms with Gasteiger partial charge in [-0.1, -0.05) is 6.07 Å². The van der Waals surface area contributed by atoms with Gasteiger partial charge in [0, 0.05) is 18.0 Å². The summed E-state index contributed by atoms with van der Waals surface area (Å²) in [5.74, 6) is -1.27. The maximum Gasteiger partial charge on any atom is 0.263 e. The number of nitrogens with one attached hydrogen (secondary N) is 1. The number of anilines is 1. The van der Waals surface area contributed by atoms with Crippen LogP contribution in [0.2, 0.25) is 0 Å². The third-order valence-electron chi connectivity index (χ3n) is 3.88. The Kier molecular flexibility index (Phi) is 5.52. The summed E-state index contributed by atoms with van der Waals surface area (Å²) < 4.78 is 40.4. The molecule has 0 saturated carbocycles. The lowest BCUT2D eigenvalue weighted by Crippen LogP contribution is -2.16. The Morgan fingerprint density at radius 2 is 1.97 bits per heavy atom. The number of rotatable bonds is 4. The molecule has 1 N–H and O–H groups in total. The quantitative estimate of drug-likeness (QED) is 0.401. The molecular weight excluding hydrogens is 397 g/mol. The molecule has 0 aliphatic carbocycles. The standard InChI is InChI=1S/C19H14FN5O3S/c1-13-2-7-16(20)17(10-13)29(27,28)18(11-21)24-23-15-5-3-14(4-6-15)19(26)25-9-8-22-12-25/h2-10,12,23H,1H3. The van der Waals surface area contributed by atoms with Crippen molar-refractivity contribution >= 4 is 26.5 Å². The summed E-state index contributed by atoms with van der Waals surface area (Å²) in [6.45, 7) is 1.60. The zero-order chi connectivity index (χ0) is 21.0. The number of aryl methyl sites for hydroxylation is 1. The minimum Gasteiger partial charge on any atom is -0.277 e. The number of carbonyl (C=O) groups is 1. The van der Waals surface area contributed by atoms with E-state index < -0.39 is 25.6 Å². The number of benzene rings is 2. The van der Waals surface area contributed by atoms with Crippen LogP contribution in [0.1, 0.15) is 15.9 Å². The Hall–Kier alpha value is -3.84. The average molecular weight is 411 g/mol. The summed E-state index contributed by atoms with van der Waals surface area (Å²) in [6, 6.07) is 11.0. The Labute approximate surface area is 165 Å². The number of aromatic nitrogens is 2.